The highest BCUT2D eigenvalue weighted by Gasteiger charge is 2.12. The minimum absolute atomic E-state index is 0.00311. The summed E-state index contributed by atoms with van der Waals surface area (Å²) in [7, 11) is 1.58. The van der Waals surface area contributed by atoms with Crippen molar-refractivity contribution in [3.8, 4) is 0 Å². The maximum absolute atomic E-state index is 12.4. The van der Waals surface area contributed by atoms with E-state index in [4.69, 9.17) is 9.47 Å². The van der Waals surface area contributed by atoms with Gasteiger partial charge >= 0.3 is 11.0 Å². The number of thiazole rings is 1. The molecule has 0 fully saturated rings. The van der Waals surface area contributed by atoms with Crippen molar-refractivity contribution in [3.05, 3.63) is 61.8 Å². The Morgan fingerprint density at radius 2 is 2.06 bits per heavy atom. The minimum atomic E-state index is -0.501. The Morgan fingerprint density at radius 1 is 1.26 bits per heavy atom. The average molecular weight is 462 g/mol. The van der Waals surface area contributed by atoms with Gasteiger partial charge in [-0.1, -0.05) is 22.7 Å². The molecule has 162 valence electrons. The van der Waals surface area contributed by atoms with Crippen molar-refractivity contribution in [1.82, 2.24) is 4.57 Å². The van der Waals surface area contributed by atoms with Crippen LogP contribution in [0.25, 0.3) is 16.3 Å². The molecule has 0 bridgehead atoms. The van der Waals surface area contributed by atoms with Gasteiger partial charge in [-0.15, -0.1) is 0 Å². The lowest BCUT2D eigenvalue weighted by atomic mass is 10.2. The highest BCUT2D eigenvalue weighted by atomic mass is 32.1. The number of fused-ring (bicyclic) bond motifs is 1. The van der Waals surface area contributed by atoms with Crippen LogP contribution in [-0.2, 0) is 20.8 Å². The summed E-state index contributed by atoms with van der Waals surface area (Å²) in [6.45, 7) is 2.92. The van der Waals surface area contributed by atoms with E-state index in [2.05, 4.69) is 4.99 Å². The van der Waals surface area contributed by atoms with E-state index < -0.39 is 16.8 Å². The molecule has 0 saturated carbocycles. The highest BCUT2D eigenvalue weighted by Crippen LogP contribution is 2.25. The zero-order chi connectivity index (χ0) is 22.4. The summed E-state index contributed by atoms with van der Waals surface area (Å²) in [6, 6.07) is 8.13. The van der Waals surface area contributed by atoms with Gasteiger partial charge in [0.05, 0.1) is 33.9 Å². The van der Waals surface area contributed by atoms with Crippen LogP contribution in [0, 0.1) is 10.1 Å². The molecule has 1 aromatic carbocycles. The molecule has 1 amide bonds. The van der Waals surface area contributed by atoms with Crippen molar-refractivity contribution in [3.63, 3.8) is 0 Å². The number of methoxy groups -OCH3 is 1. The summed E-state index contributed by atoms with van der Waals surface area (Å²) in [6.07, 6.45) is 2.76. The standard InChI is InChI=1S/C20H19N3O6S2/c1-3-29-19(25)13-4-7-15-16(12-13)31-20(22(15)10-11-28-2)21-17(24)8-5-14-6-9-18(30-14)23(26)27/h4-9,12H,3,10-11H2,1-2H3/b8-5-,21-20?. The first-order chi connectivity index (χ1) is 14.9. The fraction of sp³-hybridized carbons (Fsp3) is 0.250. The number of hydrogen-bond acceptors (Lipinski definition) is 8. The van der Waals surface area contributed by atoms with E-state index in [0.717, 1.165) is 21.6 Å². The van der Waals surface area contributed by atoms with Crippen molar-refractivity contribution >= 4 is 55.8 Å². The number of aromatic nitrogens is 1. The minimum Gasteiger partial charge on any atom is -0.462 e. The summed E-state index contributed by atoms with van der Waals surface area (Å²) in [5, 5.41) is 10.8. The van der Waals surface area contributed by atoms with E-state index in [0.29, 0.717) is 28.4 Å². The van der Waals surface area contributed by atoms with Gasteiger partial charge in [-0.3, -0.25) is 14.9 Å². The second kappa shape index (κ2) is 10.2. The molecule has 0 N–H and O–H groups in total. The molecule has 3 rings (SSSR count). The number of thiophene rings is 1. The van der Waals surface area contributed by atoms with Gasteiger partial charge in [0.15, 0.2) is 4.80 Å². The maximum Gasteiger partial charge on any atom is 0.338 e. The lowest BCUT2D eigenvalue weighted by Crippen LogP contribution is -2.18. The summed E-state index contributed by atoms with van der Waals surface area (Å²) >= 11 is 2.25. The van der Waals surface area contributed by atoms with Gasteiger partial charge in [-0.2, -0.15) is 4.99 Å². The number of carbonyl (C=O) groups is 2. The third-order valence-electron chi connectivity index (χ3n) is 4.10. The number of nitro groups is 1. The topological polar surface area (TPSA) is 113 Å². The fourth-order valence-electron chi connectivity index (χ4n) is 2.71. The number of ether oxygens (including phenoxy) is 2. The average Bonchev–Trinajstić information content (AvgIpc) is 3.35. The number of carbonyl (C=O) groups excluding carboxylic acids is 2. The fourth-order valence-corrected chi connectivity index (χ4v) is 4.54. The van der Waals surface area contributed by atoms with Crippen LogP contribution in [0.5, 0.6) is 0 Å². The lowest BCUT2D eigenvalue weighted by molar-refractivity contribution is -0.380. The van der Waals surface area contributed by atoms with Crippen LogP contribution in [0.15, 0.2) is 41.4 Å². The summed E-state index contributed by atoms with van der Waals surface area (Å²) < 4.78 is 12.8. The van der Waals surface area contributed by atoms with Crippen LogP contribution < -0.4 is 4.80 Å². The van der Waals surface area contributed by atoms with Crippen molar-refractivity contribution in [1.29, 1.82) is 0 Å². The lowest BCUT2D eigenvalue weighted by Gasteiger charge is -2.05. The zero-order valence-corrected chi connectivity index (χ0v) is 18.4. The maximum atomic E-state index is 12.4. The second-order valence-electron chi connectivity index (χ2n) is 6.15. The molecule has 0 spiro atoms. The van der Waals surface area contributed by atoms with Gasteiger partial charge in [0, 0.05) is 30.7 Å². The van der Waals surface area contributed by atoms with Gasteiger partial charge < -0.3 is 14.0 Å². The first-order valence-corrected chi connectivity index (χ1v) is 10.9. The van der Waals surface area contributed by atoms with Crippen LogP contribution in [0.4, 0.5) is 5.00 Å². The molecule has 2 heterocycles. The van der Waals surface area contributed by atoms with Crippen molar-refractivity contribution < 1.29 is 24.0 Å². The number of esters is 1. The third-order valence-corrected chi connectivity index (χ3v) is 6.14. The number of hydrogen-bond donors (Lipinski definition) is 0. The largest absolute Gasteiger partial charge is 0.462 e. The summed E-state index contributed by atoms with van der Waals surface area (Å²) in [5.74, 6) is -0.914. The van der Waals surface area contributed by atoms with Crippen molar-refractivity contribution in [2.75, 3.05) is 20.3 Å². The van der Waals surface area contributed by atoms with E-state index in [1.807, 2.05) is 4.57 Å². The normalized spacial score (nSPS) is 12.0. The number of nitrogens with zero attached hydrogens (tertiary/aromatic N) is 3. The molecule has 0 aliphatic carbocycles. The van der Waals surface area contributed by atoms with Gasteiger partial charge in [-0.25, -0.2) is 4.79 Å². The van der Waals surface area contributed by atoms with Crippen LogP contribution in [0.1, 0.15) is 22.2 Å². The van der Waals surface area contributed by atoms with Crippen molar-refractivity contribution in [2.24, 2.45) is 4.99 Å². The molecular formula is C20H19N3O6S2. The molecule has 3 aromatic rings. The molecule has 0 aliphatic rings. The molecule has 31 heavy (non-hydrogen) atoms. The SMILES string of the molecule is CCOC(=O)c1ccc2c(c1)sc(=NC(=O)/C=C\c1ccc([N+](=O)[O-])s1)n2CCOC. The summed E-state index contributed by atoms with van der Waals surface area (Å²) in [4.78, 5) is 39.9. The van der Waals surface area contributed by atoms with Gasteiger partial charge in [-0.05, 0) is 37.3 Å². The Balaban J connectivity index is 1.94. The number of rotatable bonds is 8. The quantitative estimate of drug-likeness (QED) is 0.219. The third kappa shape index (κ3) is 5.51. The molecule has 0 saturated heterocycles. The van der Waals surface area contributed by atoms with Crippen LogP contribution in [0.2, 0.25) is 0 Å². The zero-order valence-electron chi connectivity index (χ0n) is 16.8. The van der Waals surface area contributed by atoms with Gasteiger partial charge in [0.25, 0.3) is 5.91 Å². The molecule has 2 aromatic heterocycles. The van der Waals surface area contributed by atoms with Crippen molar-refractivity contribution in [2.45, 2.75) is 13.5 Å². The Morgan fingerprint density at radius 3 is 2.74 bits per heavy atom. The molecule has 11 heteroatoms. The van der Waals surface area contributed by atoms with Crippen LogP contribution in [-0.4, -0.2) is 41.7 Å². The van der Waals surface area contributed by atoms with E-state index in [-0.39, 0.29) is 11.6 Å². The summed E-state index contributed by atoms with van der Waals surface area (Å²) in [5.41, 5.74) is 1.24. The molecule has 9 nitrogen and oxygen atoms in total. The predicted molar refractivity (Wildman–Crippen MR) is 118 cm³/mol. The van der Waals surface area contributed by atoms with E-state index in [1.54, 1.807) is 38.3 Å². The molecule has 0 unspecified atom stereocenters. The molecule has 0 aliphatic heterocycles. The monoisotopic (exact) mass is 461 g/mol. The number of amides is 1. The van der Waals surface area contributed by atoms with Gasteiger partial charge in [0.1, 0.15) is 0 Å². The Bertz CT molecular complexity index is 1220. The first kappa shape index (κ1) is 22.5. The Labute approximate surface area is 185 Å². The second-order valence-corrected chi connectivity index (χ2v) is 8.25. The predicted octanol–water partition coefficient (Wildman–Crippen LogP) is 3.64. The Kier molecular flexibility index (Phi) is 7.45. The molecule has 0 radical (unpaired) electrons. The Hall–Kier alpha value is -3.15. The smallest absolute Gasteiger partial charge is 0.338 e. The first-order valence-electron chi connectivity index (χ1n) is 9.23. The van der Waals surface area contributed by atoms with E-state index >= 15 is 0 Å². The molecule has 0 atom stereocenters. The van der Waals surface area contributed by atoms with E-state index in [9.17, 15) is 19.7 Å². The van der Waals surface area contributed by atoms with E-state index in [1.165, 1.54) is 29.6 Å². The van der Waals surface area contributed by atoms with Gasteiger partial charge in [0.2, 0.25) is 0 Å². The molecular weight excluding hydrogens is 442 g/mol. The highest BCUT2D eigenvalue weighted by molar-refractivity contribution is 7.16. The van der Waals surface area contributed by atoms with Crippen LogP contribution >= 0.6 is 22.7 Å². The van der Waals surface area contributed by atoms with Crippen LogP contribution in [0.3, 0.4) is 0 Å². The number of benzene rings is 1.